The van der Waals surface area contributed by atoms with Crippen molar-refractivity contribution in [2.45, 2.75) is 45.2 Å². The van der Waals surface area contributed by atoms with Gasteiger partial charge in [-0.1, -0.05) is 12.8 Å². The number of aromatic hydroxyl groups is 1. The summed E-state index contributed by atoms with van der Waals surface area (Å²) in [7, 11) is 1.66. The molecule has 0 radical (unpaired) electrons. The number of phenols is 1. The van der Waals surface area contributed by atoms with Gasteiger partial charge in [0.2, 0.25) is 0 Å². The van der Waals surface area contributed by atoms with Crippen molar-refractivity contribution < 1.29 is 9.84 Å². The van der Waals surface area contributed by atoms with Gasteiger partial charge in [0.25, 0.3) is 0 Å². The monoisotopic (exact) mass is 249 g/mol. The molecule has 3 nitrogen and oxygen atoms in total. The lowest BCUT2D eigenvalue weighted by Gasteiger charge is -2.27. The topological polar surface area (TPSA) is 32.7 Å². The third kappa shape index (κ3) is 3.16. The Bertz CT molecular complexity index is 392. The highest BCUT2D eigenvalue weighted by molar-refractivity contribution is 5.39. The SMILES string of the molecule is COc1ccc(O)c(CN2CCCCCC2C)c1. The zero-order valence-corrected chi connectivity index (χ0v) is 11.4. The molecular formula is C15H23NO2. The van der Waals surface area contributed by atoms with Crippen molar-refractivity contribution >= 4 is 0 Å². The van der Waals surface area contributed by atoms with E-state index in [0.717, 1.165) is 24.4 Å². The summed E-state index contributed by atoms with van der Waals surface area (Å²) < 4.78 is 5.22. The van der Waals surface area contributed by atoms with E-state index in [2.05, 4.69) is 11.8 Å². The molecule has 1 unspecified atom stereocenters. The van der Waals surface area contributed by atoms with Crippen LogP contribution in [0.5, 0.6) is 11.5 Å². The van der Waals surface area contributed by atoms with E-state index in [1.54, 1.807) is 19.2 Å². The predicted molar refractivity (Wildman–Crippen MR) is 73.0 cm³/mol. The summed E-state index contributed by atoms with van der Waals surface area (Å²) in [4.78, 5) is 2.46. The number of benzene rings is 1. The molecule has 0 aliphatic carbocycles. The summed E-state index contributed by atoms with van der Waals surface area (Å²) in [5, 5.41) is 9.94. The molecule has 100 valence electrons. The molecule has 1 N–H and O–H groups in total. The van der Waals surface area contributed by atoms with E-state index in [-0.39, 0.29) is 0 Å². The summed E-state index contributed by atoms with van der Waals surface area (Å²) in [6.45, 7) is 4.21. The van der Waals surface area contributed by atoms with E-state index in [4.69, 9.17) is 4.74 Å². The van der Waals surface area contributed by atoms with E-state index in [1.165, 1.54) is 25.7 Å². The molecular weight excluding hydrogens is 226 g/mol. The molecule has 0 saturated carbocycles. The Balaban J connectivity index is 2.11. The summed E-state index contributed by atoms with van der Waals surface area (Å²) >= 11 is 0. The molecule has 18 heavy (non-hydrogen) atoms. The number of rotatable bonds is 3. The van der Waals surface area contributed by atoms with Crippen LogP contribution in [0.2, 0.25) is 0 Å². The molecule has 1 fully saturated rings. The standard InChI is InChI=1S/C15H23NO2/c1-12-6-4-3-5-9-16(12)11-13-10-14(18-2)7-8-15(13)17/h7-8,10,12,17H,3-6,9,11H2,1-2H3. The van der Waals surface area contributed by atoms with Crippen LogP contribution in [-0.4, -0.2) is 29.7 Å². The number of nitrogens with zero attached hydrogens (tertiary/aromatic N) is 1. The Labute approximate surface area is 109 Å². The Morgan fingerprint density at radius 3 is 2.94 bits per heavy atom. The minimum atomic E-state index is 0.368. The van der Waals surface area contributed by atoms with Gasteiger partial charge in [-0.15, -0.1) is 0 Å². The molecule has 2 rings (SSSR count). The van der Waals surface area contributed by atoms with Crippen LogP contribution >= 0.6 is 0 Å². The lowest BCUT2D eigenvalue weighted by molar-refractivity contribution is 0.202. The second-order valence-electron chi connectivity index (χ2n) is 5.16. The third-order valence-electron chi connectivity index (χ3n) is 3.85. The quantitative estimate of drug-likeness (QED) is 0.893. The van der Waals surface area contributed by atoms with Crippen molar-refractivity contribution in [3.8, 4) is 11.5 Å². The van der Waals surface area contributed by atoms with Gasteiger partial charge < -0.3 is 9.84 Å². The largest absolute Gasteiger partial charge is 0.508 e. The molecule has 1 heterocycles. The van der Waals surface area contributed by atoms with Crippen LogP contribution in [0.25, 0.3) is 0 Å². The highest BCUT2D eigenvalue weighted by Gasteiger charge is 2.18. The number of likely N-dealkylation sites (tertiary alicyclic amines) is 1. The molecule has 1 aromatic rings. The smallest absolute Gasteiger partial charge is 0.120 e. The minimum Gasteiger partial charge on any atom is -0.508 e. The first-order chi connectivity index (χ1) is 8.70. The highest BCUT2D eigenvalue weighted by Crippen LogP contribution is 2.26. The van der Waals surface area contributed by atoms with E-state index in [9.17, 15) is 5.11 Å². The number of hydrogen-bond acceptors (Lipinski definition) is 3. The second-order valence-corrected chi connectivity index (χ2v) is 5.16. The van der Waals surface area contributed by atoms with E-state index >= 15 is 0 Å². The lowest BCUT2D eigenvalue weighted by Crippen LogP contribution is -2.31. The van der Waals surface area contributed by atoms with Gasteiger partial charge in [-0.2, -0.15) is 0 Å². The van der Waals surface area contributed by atoms with Gasteiger partial charge in [0, 0.05) is 18.2 Å². The normalized spacial score (nSPS) is 21.6. The first-order valence-electron chi connectivity index (χ1n) is 6.80. The van der Waals surface area contributed by atoms with Crippen molar-refractivity contribution in [3.05, 3.63) is 23.8 Å². The molecule has 1 aromatic carbocycles. The molecule has 0 bridgehead atoms. The van der Waals surface area contributed by atoms with Crippen LogP contribution in [-0.2, 0) is 6.54 Å². The fraction of sp³-hybridized carbons (Fsp3) is 0.600. The maximum Gasteiger partial charge on any atom is 0.120 e. The number of phenolic OH excluding ortho intramolecular Hbond substituents is 1. The van der Waals surface area contributed by atoms with Crippen LogP contribution in [0, 0.1) is 0 Å². The van der Waals surface area contributed by atoms with Crippen molar-refractivity contribution in [2.75, 3.05) is 13.7 Å². The number of hydrogen-bond donors (Lipinski definition) is 1. The van der Waals surface area contributed by atoms with Crippen LogP contribution in [0.4, 0.5) is 0 Å². The van der Waals surface area contributed by atoms with Crippen molar-refractivity contribution in [3.63, 3.8) is 0 Å². The minimum absolute atomic E-state index is 0.368. The molecule has 1 aliphatic heterocycles. The van der Waals surface area contributed by atoms with Crippen molar-refractivity contribution in [1.29, 1.82) is 0 Å². The second kappa shape index (κ2) is 6.10. The Morgan fingerprint density at radius 2 is 2.17 bits per heavy atom. The van der Waals surface area contributed by atoms with Crippen LogP contribution in [0.3, 0.4) is 0 Å². The van der Waals surface area contributed by atoms with Crippen molar-refractivity contribution in [1.82, 2.24) is 4.90 Å². The fourth-order valence-electron chi connectivity index (χ4n) is 2.60. The first-order valence-corrected chi connectivity index (χ1v) is 6.80. The Kier molecular flexibility index (Phi) is 4.48. The first kappa shape index (κ1) is 13.2. The third-order valence-corrected chi connectivity index (χ3v) is 3.85. The zero-order valence-electron chi connectivity index (χ0n) is 11.4. The van der Waals surface area contributed by atoms with Gasteiger partial charge in [-0.25, -0.2) is 0 Å². The van der Waals surface area contributed by atoms with E-state index in [0.29, 0.717) is 11.8 Å². The number of methoxy groups -OCH3 is 1. The van der Waals surface area contributed by atoms with Crippen LogP contribution in [0.1, 0.15) is 38.2 Å². The van der Waals surface area contributed by atoms with Gasteiger partial charge in [-0.05, 0) is 44.5 Å². The Morgan fingerprint density at radius 1 is 1.33 bits per heavy atom. The highest BCUT2D eigenvalue weighted by atomic mass is 16.5. The molecule has 0 amide bonds. The summed E-state index contributed by atoms with van der Waals surface area (Å²) in [5.74, 6) is 1.18. The maximum atomic E-state index is 9.94. The average molecular weight is 249 g/mol. The summed E-state index contributed by atoms with van der Waals surface area (Å²) in [6.07, 6.45) is 5.16. The van der Waals surface area contributed by atoms with Gasteiger partial charge in [0.1, 0.15) is 11.5 Å². The molecule has 0 aromatic heterocycles. The predicted octanol–water partition coefficient (Wildman–Crippen LogP) is 3.17. The summed E-state index contributed by atoms with van der Waals surface area (Å²) in [5.41, 5.74) is 0.961. The maximum absolute atomic E-state index is 9.94. The molecule has 1 atom stereocenters. The van der Waals surface area contributed by atoms with Gasteiger partial charge in [0.05, 0.1) is 7.11 Å². The summed E-state index contributed by atoms with van der Waals surface area (Å²) in [6, 6.07) is 6.05. The average Bonchev–Trinajstić information content (AvgIpc) is 2.58. The van der Waals surface area contributed by atoms with E-state index in [1.807, 2.05) is 6.07 Å². The molecule has 1 aliphatic rings. The molecule has 1 saturated heterocycles. The van der Waals surface area contributed by atoms with Gasteiger partial charge >= 0.3 is 0 Å². The zero-order chi connectivity index (χ0) is 13.0. The Hall–Kier alpha value is -1.22. The van der Waals surface area contributed by atoms with Crippen LogP contribution in [0.15, 0.2) is 18.2 Å². The lowest BCUT2D eigenvalue weighted by atomic mass is 10.1. The van der Waals surface area contributed by atoms with Crippen molar-refractivity contribution in [2.24, 2.45) is 0 Å². The van der Waals surface area contributed by atoms with Crippen LogP contribution < -0.4 is 4.74 Å². The van der Waals surface area contributed by atoms with Gasteiger partial charge in [0.15, 0.2) is 0 Å². The van der Waals surface area contributed by atoms with Gasteiger partial charge in [-0.3, -0.25) is 4.90 Å². The number of ether oxygens (including phenoxy) is 1. The molecule has 3 heteroatoms. The molecule has 0 spiro atoms. The fourth-order valence-corrected chi connectivity index (χ4v) is 2.60. The van der Waals surface area contributed by atoms with E-state index < -0.39 is 0 Å².